The van der Waals surface area contributed by atoms with Gasteiger partial charge in [0.1, 0.15) is 0 Å². The van der Waals surface area contributed by atoms with Gasteiger partial charge in [-0.3, -0.25) is 4.79 Å². The van der Waals surface area contributed by atoms with Gasteiger partial charge >= 0.3 is 0 Å². The fourth-order valence-electron chi connectivity index (χ4n) is 2.50. The van der Waals surface area contributed by atoms with Crippen molar-refractivity contribution < 1.29 is 9.53 Å². The van der Waals surface area contributed by atoms with Crippen molar-refractivity contribution >= 4 is 22.4 Å². The number of rotatable bonds is 6. The van der Waals surface area contributed by atoms with E-state index in [0.29, 0.717) is 5.13 Å². The van der Waals surface area contributed by atoms with E-state index in [1.807, 2.05) is 17.5 Å². The molecule has 2 aromatic rings. The van der Waals surface area contributed by atoms with E-state index in [4.69, 9.17) is 4.74 Å². The van der Waals surface area contributed by atoms with Gasteiger partial charge in [-0.15, -0.1) is 11.3 Å². The largest absolute Gasteiger partial charge is 0.377 e. The topological polar surface area (TPSA) is 63.2 Å². The average Bonchev–Trinajstić information content (AvgIpc) is 3.20. The van der Waals surface area contributed by atoms with Crippen LogP contribution in [-0.2, 0) is 9.53 Å². The van der Waals surface area contributed by atoms with E-state index in [1.54, 1.807) is 0 Å². The number of carbonyl (C=O) groups is 1. The molecule has 0 radical (unpaired) electrons. The lowest BCUT2D eigenvalue weighted by atomic mass is 10.1. The van der Waals surface area contributed by atoms with E-state index in [2.05, 4.69) is 34.7 Å². The molecule has 1 aliphatic rings. The van der Waals surface area contributed by atoms with Crippen LogP contribution in [0, 0.1) is 6.92 Å². The second-order valence-electron chi connectivity index (χ2n) is 5.72. The van der Waals surface area contributed by atoms with Gasteiger partial charge in [-0.2, -0.15) is 0 Å². The van der Waals surface area contributed by atoms with E-state index in [0.717, 1.165) is 37.3 Å². The highest BCUT2D eigenvalue weighted by Crippen LogP contribution is 2.24. The monoisotopic (exact) mass is 331 g/mol. The Balaban J connectivity index is 1.48. The normalized spacial score (nSPS) is 17.3. The van der Waals surface area contributed by atoms with Crippen LogP contribution in [0.5, 0.6) is 0 Å². The molecule has 0 bridgehead atoms. The van der Waals surface area contributed by atoms with Gasteiger partial charge in [0.15, 0.2) is 5.13 Å². The number of hydrogen-bond acceptors (Lipinski definition) is 5. The quantitative estimate of drug-likeness (QED) is 0.854. The molecule has 6 heteroatoms. The Morgan fingerprint density at radius 1 is 1.39 bits per heavy atom. The lowest BCUT2D eigenvalue weighted by molar-refractivity contribution is -0.115. The molecule has 5 nitrogen and oxygen atoms in total. The number of amides is 1. The Morgan fingerprint density at radius 2 is 2.22 bits per heavy atom. The van der Waals surface area contributed by atoms with Crippen molar-refractivity contribution in [2.75, 3.05) is 25.0 Å². The molecule has 3 rings (SSSR count). The highest BCUT2D eigenvalue weighted by molar-refractivity contribution is 7.14. The zero-order valence-electron chi connectivity index (χ0n) is 13.2. The number of benzene rings is 1. The summed E-state index contributed by atoms with van der Waals surface area (Å²) in [5, 5.41) is 8.55. The maximum Gasteiger partial charge on any atom is 0.240 e. The van der Waals surface area contributed by atoms with E-state index < -0.39 is 0 Å². The molecule has 0 spiro atoms. The molecule has 1 fully saturated rings. The second kappa shape index (κ2) is 7.68. The lowest BCUT2D eigenvalue weighted by Gasteiger charge is -2.10. The van der Waals surface area contributed by atoms with Crippen molar-refractivity contribution in [1.29, 1.82) is 0 Å². The first-order chi connectivity index (χ1) is 11.2. The highest BCUT2D eigenvalue weighted by atomic mass is 32.1. The summed E-state index contributed by atoms with van der Waals surface area (Å²) in [4.78, 5) is 16.4. The van der Waals surface area contributed by atoms with Crippen LogP contribution in [-0.4, -0.2) is 36.7 Å². The minimum atomic E-state index is -0.0761. The molecule has 2 N–H and O–H groups in total. The number of aryl methyl sites for hydroxylation is 1. The standard InChI is InChI=1S/C17H21N3O2S/c1-12-4-6-13(7-5-12)15-11-23-17(19-15)20-16(21)10-18-9-14-3-2-8-22-14/h4-7,11,14,18H,2-3,8-10H2,1H3,(H,19,20,21). The van der Waals surface area contributed by atoms with Gasteiger partial charge in [0, 0.05) is 24.1 Å². The van der Waals surface area contributed by atoms with E-state index >= 15 is 0 Å². The molecule has 0 aliphatic carbocycles. The number of thiazole rings is 1. The summed E-state index contributed by atoms with van der Waals surface area (Å²) in [6.07, 6.45) is 2.43. The Bertz CT molecular complexity index is 648. The van der Waals surface area contributed by atoms with Gasteiger partial charge in [-0.25, -0.2) is 4.98 Å². The predicted octanol–water partition coefficient (Wildman–Crippen LogP) is 2.83. The number of nitrogens with one attached hydrogen (secondary N) is 2. The number of hydrogen-bond donors (Lipinski definition) is 2. The van der Waals surface area contributed by atoms with Gasteiger partial charge in [-0.05, 0) is 19.8 Å². The molecular weight excluding hydrogens is 310 g/mol. The van der Waals surface area contributed by atoms with Crippen LogP contribution in [0.15, 0.2) is 29.6 Å². The van der Waals surface area contributed by atoms with Crippen molar-refractivity contribution in [3.8, 4) is 11.3 Å². The highest BCUT2D eigenvalue weighted by Gasteiger charge is 2.15. The van der Waals surface area contributed by atoms with E-state index in [1.165, 1.54) is 16.9 Å². The molecule has 1 unspecified atom stereocenters. The molecule has 1 aromatic heterocycles. The van der Waals surface area contributed by atoms with Crippen molar-refractivity contribution in [2.45, 2.75) is 25.9 Å². The summed E-state index contributed by atoms with van der Waals surface area (Å²) in [5.74, 6) is -0.0761. The van der Waals surface area contributed by atoms with Crippen LogP contribution in [0.1, 0.15) is 18.4 Å². The lowest BCUT2D eigenvalue weighted by Crippen LogP contribution is -2.33. The maximum atomic E-state index is 11.9. The average molecular weight is 331 g/mol. The minimum Gasteiger partial charge on any atom is -0.377 e. The third kappa shape index (κ3) is 4.60. The number of ether oxygens (including phenoxy) is 1. The van der Waals surface area contributed by atoms with Crippen molar-refractivity contribution in [3.05, 3.63) is 35.2 Å². The van der Waals surface area contributed by atoms with Crippen LogP contribution in [0.2, 0.25) is 0 Å². The van der Waals surface area contributed by atoms with Crippen LogP contribution in [0.4, 0.5) is 5.13 Å². The van der Waals surface area contributed by atoms with Gasteiger partial charge in [-0.1, -0.05) is 29.8 Å². The van der Waals surface area contributed by atoms with Gasteiger partial charge in [0.2, 0.25) is 5.91 Å². The first-order valence-electron chi connectivity index (χ1n) is 7.85. The Kier molecular flexibility index (Phi) is 5.38. The second-order valence-corrected chi connectivity index (χ2v) is 6.58. The van der Waals surface area contributed by atoms with Gasteiger partial charge in [0.25, 0.3) is 0 Å². The third-order valence-electron chi connectivity index (χ3n) is 3.78. The Labute approximate surface area is 140 Å². The molecule has 1 atom stereocenters. The van der Waals surface area contributed by atoms with E-state index in [-0.39, 0.29) is 18.6 Å². The summed E-state index contributed by atoms with van der Waals surface area (Å²) in [6.45, 7) is 3.89. The summed E-state index contributed by atoms with van der Waals surface area (Å²) in [7, 11) is 0. The fraction of sp³-hybridized carbons (Fsp3) is 0.412. The summed E-state index contributed by atoms with van der Waals surface area (Å²) >= 11 is 1.44. The van der Waals surface area contributed by atoms with Gasteiger partial charge < -0.3 is 15.4 Å². The first kappa shape index (κ1) is 16.1. The van der Waals surface area contributed by atoms with Crippen LogP contribution in [0.25, 0.3) is 11.3 Å². The van der Waals surface area contributed by atoms with E-state index in [9.17, 15) is 4.79 Å². The Hall–Kier alpha value is -1.76. The summed E-state index contributed by atoms with van der Waals surface area (Å²) < 4.78 is 5.51. The molecule has 1 aromatic carbocycles. The SMILES string of the molecule is Cc1ccc(-c2csc(NC(=O)CNCC3CCCO3)n2)cc1. The number of nitrogens with zero attached hydrogens (tertiary/aromatic N) is 1. The predicted molar refractivity (Wildman–Crippen MR) is 92.8 cm³/mol. The molecule has 0 saturated carbocycles. The summed E-state index contributed by atoms with van der Waals surface area (Å²) in [5.41, 5.74) is 3.16. The first-order valence-corrected chi connectivity index (χ1v) is 8.73. The zero-order valence-corrected chi connectivity index (χ0v) is 14.0. The maximum absolute atomic E-state index is 11.9. The molecule has 1 amide bonds. The van der Waals surface area contributed by atoms with Crippen molar-refractivity contribution in [3.63, 3.8) is 0 Å². The zero-order chi connectivity index (χ0) is 16.1. The Morgan fingerprint density at radius 3 is 2.96 bits per heavy atom. The third-order valence-corrected chi connectivity index (χ3v) is 4.54. The van der Waals surface area contributed by atoms with Crippen LogP contribution >= 0.6 is 11.3 Å². The van der Waals surface area contributed by atoms with Crippen LogP contribution in [0.3, 0.4) is 0 Å². The molecule has 2 heterocycles. The molecule has 1 aliphatic heterocycles. The fourth-order valence-corrected chi connectivity index (χ4v) is 3.24. The molecular formula is C17H21N3O2S. The smallest absolute Gasteiger partial charge is 0.240 e. The van der Waals surface area contributed by atoms with Crippen molar-refractivity contribution in [1.82, 2.24) is 10.3 Å². The van der Waals surface area contributed by atoms with Crippen molar-refractivity contribution in [2.24, 2.45) is 0 Å². The van der Waals surface area contributed by atoms with Crippen LogP contribution < -0.4 is 10.6 Å². The number of aromatic nitrogens is 1. The molecule has 23 heavy (non-hydrogen) atoms. The minimum absolute atomic E-state index is 0.0761. The van der Waals surface area contributed by atoms with Gasteiger partial charge in [0.05, 0.1) is 18.3 Å². The number of anilines is 1. The summed E-state index contributed by atoms with van der Waals surface area (Å²) in [6, 6.07) is 8.20. The molecule has 122 valence electrons. The molecule has 1 saturated heterocycles. The number of carbonyl (C=O) groups excluding carboxylic acids is 1.